The molecule has 0 aromatic rings. The highest BCUT2D eigenvalue weighted by atomic mass is 14.4. The molecule has 0 aliphatic heterocycles. The van der Waals surface area contributed by atoms with E-state index >= 15 is 0 Å². The van der Waals surface area contributed by atoms with Gasteiger partial charge in [0, 0.05) is 0 Å². The van der Waals surface area contributed by atoms with E-state index in [9.17, 15) is 0 Å². The van der Waals surface area contributed by atoms with E-state index in [1.165, 1.54) is 32.1 Å². The first-order valence-electron chi connectivity index (χ1n) is 6.77. The lowest BCUT2D eigenvalue weighted by molar-refractivity contribution is 0.439. The minimum atomic E-state index is 0.904. The summed E-state index contributed by atoms with van der Waals surface area (Å²) >= 11 is 0. The summed E-state index contributed by atoms with van der Waals surface area (Å²) in [5.41, 5.74) is 1.67. The van der Waals surface area contributed by atoms with E-state index in [-0.39, 0.29) is 0 Å². The van der Waals surface area contributed by atoms with Crippen LogP contribution in [0.4, 0.5) is 0 Å². The quantitative estimate of drug-likeness (QED) is 0.574. The summed E-state index contributed by atoms with van der Waals surface area (Å²) in [4.78, 5) is 0. The molecule has 2 rings (SSSR count). The van der Waals surface area contributed by atoms with Crippen molar-refractivity contribution in [2.75, 3.05) is 0 Å². The average Bonchev–Trinajstić information content (AvgIpc) is 2.89. The van der Waals surface area contributed by atoms with E-state index in [1.54, 1.807) is 5.57 Å². The van der Waals surface area contributed by atoms with Gasteiger partial charge in [-0.15, -0.1) is 0 Å². The Morgan fingerprint density at radius 2 is 2.12 bits per heavy atom. The van der Waals surface area contributed by atoms with Gasteiger partial charge in [0.2, 0.25) is 0 Å². The summed E-state index contributed by atoms with van der Waals surface area (Å²) in [6.45, 7) is 4.31. The highest BCUT2D eigenvalue weighted by Gasteiger charge is 2.35. The SMILES string of the molecule is C/C=C/CC/C(=C\C)CC1CC2C=CC1C2. The van der Waals surface area contributed by atoms with Gasteiger partial charge in [-0.25, -0.2) is 0 Å². The van der Waals surface area contributed by atoms with Crippen molar-refractivity contribution < 1.29 is 0 Å². The summed E-state index contributed by atoms with van der Waals surface area (Å²) in [6, 6.07) is 0. The molecular weight excluding hydrogens is 192 g/mol. The summed E-state index contributed by atoms with van der Waals surface area (Å²) < 4.78 is 0. The van der Waals surface area contributed by atoms with E-state index in [0.29, 0.717) is 0 Å². The van der Waals surface area contributed by atoms with Gasteiger partial charge in [-0.05, 0) is 63.7 Å². The summed E-state index contributed by atoms with van der Waals surface area (Å²) in [5.74, 6) is 2.78. The second-order valence-corrected chi connectivity index (χ2v) is 5.30. The summed E-state index contributed by atoms with van der Waals surface area (Å²) in [7, 11) is 0. The molecule has 0 heterocycles. The van der Waals surface area contributed by atoms with Crippen molar-refractivity contribution in [2.45, 2.75) is 46.0 Å². The molecule has 0 aromatic carbocycles. The largest absolute Gasteiger partial charge is 0.0917 e. The Morgan fingerprint density at radius 3 is 2.69 bits per heavy atom. The van der Waals surface area contributed by atoms with E-state index in [2.05, 4.69) is 44.2 Å². The van der Waals surface area contributed by atoms with Crippen LogP contribution in [-0.4, -0.2) is 0 Å². The van der Waals surface area contributed by atoms with Crippen LogP contribution in [0.5, 0.6) is 0 Å². The van der Waals surface area contributed by atoms with Crippen molar-refractivity contribution >= 4 is 0 Å². The Bertz CT molecular complexity index is 306. The van der Waals surface area contributed by atoms with Gasteiger partial charge < -0.3 is 0 Å². The van der Waals surface area contributed by atoms with E-state index in [4.69, 9.17) is 0 Å². The zero-order valence-corrected chi connectivity index (χ0v) is 10.7. The lowest BCUT2D eigenvalue weighted by Gasteiger charge is -2.19. The molecule has 0 heteroatoms. The molecule has 1 saturated carbocycles. The van der Waals surface area contributed by atoms with Crippen molar-refractivity contribution in [1.29, 1.82) is 0 Å². The molecule has 3 unspecified atom stereocenters. The molecule has 0 radical (unpaired) electrons. The number of hydrogen-bond donors (Lipinski definition) is 0. The molecule has 0 nitrogen and oxygen atoms in total. The van der Waals surface area contributed by atoms with Crippen LogP contribution in [0.3, 0.4) is 0 Å². The minimum Gasteiger partial charge on any atom is -0.0917 e. The normalized spacial score (nSPS) is 33.1. The lowest BCUT2D eigenvalue weighted by atomic mass is 9.86. The molecule has 88 valence electrons. The third kappa shape index (κ3) is 2.66. The molecule has 0 saturated heterocycles. The number of allylic oxidation sites excluding steroid dienone is 6. The van der Waals surface area contributed by atoms with Crippen LogP contribution >= 0.6 is 0 Å². The van der Waals surface area contributed by atoms with Crippen molar-refractivity contribution in [3.8, 4) is 0 Å². The Labute approximate surface area is 100 Å². The van der Waals surface area contributed by atoms with E-state index in [0.717, 1.165) is 17.8 Å². The molecule has 16 heavy (non-hydrogen) atoms. The zero-order valence-electron chi connectivity index (χ0n) is 10.7. The Balaban J connectivity index is 1.81. The molecule has 0 spiro atoms. The minimum absolute atomic E-state index is 0.904. The lowest BCUT2D eigenvalue weighted by Crippen LogP contribution is -2.08. The maximum Gasteiger partial charge on any atom is -0.0196 e. The molecular formula is C16H24. The van der Waals surface area contributed by atoms with E-state index < -0.39 is 0 Å². The van der Waals surface area contributed by atoms with Crippen LogP contribution < -0.4 is 0 Å². The molecule has 2 bridgehead atoms. The van der Waals surface area contributed by atoms with Crippen molar-refractivity contribution in [2.24, 2.45) is 17.8 Å². The van der Waals surface area contributed by atoms with Crippen LogP contribution in [0.15, 0.2) is 36.0 Å². The summed E-state index contributed by atoms with van der Waals surface area (Å²) in [6.07, 6.45) is 18.4. The molecule has 0 N–H and O–H groups in total. The fourth-order valence-electron chi connectivity index (χ4n) is 3.27. The second kappa shape index (κ2) is 5.52. The standard InChI is InChI=1S/C16H24/c1-3-5-6-7-13(4-2)10-16-12-14-8-9-15(16)11-14/h3-5,8-9,14-16H,6-7,10-12H2,1-2H3/b5-3+,13-4+. The maximum atomic E-state index is 2.47. The fraction of sp³-hybridized carbons (Fsp3) is 0.625. The third-order valence-corrected chi connectivity index (χ3v) is 4.22. The van der Waals surface area contributed by atoms with Gasteiger partial charge >= 0.3 is 0 Å². The van der Waals surface area contributed by atoms with Gasteiger partial charge in [-0.3, -0.25) is 0 Å². The van der Waals surface area contributed by atoms with Gasteiger partial charge in [0.1, 0.15) is 0 Å². The molecule has 2 aliphatic carbocycles. The highest BCUT2D eigenvalue weighted by Crippen LogP contribution is 2.46. The predicted molar refractivity (Wildman–Crippen MR) is 71.3 cm³/mol. The first kappa shape index (κ1) is 11.7. The summed E-state index contributed by atoms with van der Waals surface area (Å²) in [5, 5.41) is 0. The number of hydrogen-bond acceptors (Lipinski definition) is 0. The van der Waals surface area contributed by atoms with Crippen LogP contribution in [0, 0.1) is 17.8 Å². The predicted octanol–water partition coefficient (Wildman–Crippen LogP) is 4.89. The molecule has 3 atom stereocenters. The molecule has 2 aliphatic rings. The van der Waals surface area contributed by atoms with Crippen molar-refractivity contribution in [1.82, 2.24) is 0 Å². The molecule has 1 fully saturated rings. The maximum absolute atomic E-state index is 2.47. The van der Waals surface area contributed by atoms with Gasteiger partial charge in [0.15, 0.2) is 0 Å². The van der Waals surface area contributed by atoms with Crippen molar-refractivity contribution in [3.05, 3.63) is 36.0 Å². The Kier molecular flexibility index (Phi) is 4.04. The first-order valence-corrected chi connectivity index (χ1v) is 6.77. The zero-order chi connectivity index (χ0) is 11.4. The smallest absolute Gasteiger partial charge is 0.0196 e. The topological polar surface area (TPSA) is 0 Å². The van der Waals surface area contributed by atoms with Gasteiger partial charge in [0.05, 0.1) is 0 Å². The van der Waals surface area contributed by atoms with Crippen LogP contribution in [-0.2, 0) is 0 Å². The molecule has 0 amide bonds. The Hall–Kier alpha value is -0.780. The van der Waals surface area contributed by atoms with Crippen LogP contribution in [0.2, 0.25) is 0 Å². The highest BCUT2D eigenvalue weighted by molar-refractivity contribution is 5.14. The van der Waals surface area contributed by atoms with Gasteiger partial charge in [-0.2, -0.15) is 0 Å². The van der Waals surface area contributed by atoms with E-state index in [1.807, 2.05) is 0 Å². The van der Waals surface area contributed by atoms with Crippen LogP contribution in [0.25, 0.3) is 0 Å². The molecule has 0 aromatic heterocycles. The first-order chi connectivity index (χ1) is 7.83. The number of rotatable bonds is 5. The third-order valence-electron chi connectivity index (χ3n) is 4.22. The van der Waals surface area contributed by atoms with Gasteiger partial charge in [0.25, 0.3) is 0 Å². The monoisotopic (exact) mass is 216 g/mol. The second-order valence-electron chi connectivity index (χ2n) is 5.30. The fourth-order valence-corrected chi connectivity index (χ4v) is 3.27. The van der Waals surface area contributed by atoms with Crippen molar-refractivity contribution in [3.63, 3.8) is 0 Å². The Morgan fingerprint density at radius 1 is 1.25 bits per heavy atom. The van der Waals surface area contributed by atoms with Gasteiger partial charge in [-0.1, -0.05) is 36.0 Å². The average molecular weight is 216 g/mol. The van der Waals surface area contributed by atoms with Crippen LogP contribution in [0.1, 0.15) is 46.0 Å². The number of fused-ring (bicyclic) bond motifs is 2.